The van der Waals surface area contributed by atoms with Crippen molar-refractivity contribution in [3.8, 4) is 10.6 Å². The van der Waals surface area contributed by atoms with Gasteiger partial charge in [-0.15, -0.1) is 21.5 Å². The number of nitrogens with one attached hydrogen (secondary N) is 2. The fourth-order valence-corrected chi connectivity index (χ4v) is 4.63. The van der Waals surface area contributed by atoms with E-state index in [4.69, 9.17) is 11.6 Å². The third-order valence-corrected chi connectivity index (χ3v) is 6.61. The van der Waals surface area contributed by atoms with Gasteiger partial charge in [-0.25, -0.2) is 0 Å². The monoisotopic (exact) mass is 482 g/mol. The van der Waals surface area contributed by atoms with Crippen LogP contribution in [0.1, 0.15) is 10.4 Å². The molecule has 4 rings (SSSR count). The maximum atomic E-state index is 13.0. The Morgan fingerprint density at radius 1 is 0.969 bits per heavy atom. The van der Waals surface area contributed by atoms with Crippen molar-refractivity contribution < 1.29 is 9.59 Å². The summed E-state index contributed by atoms with van der Waals surface area (Å²) in [6.45, 7) is 0. The molecule has 0 saturated heterocycles. The fraction of sp³-hybridized carbons (Fsp3) is 0.130. The first-order chi connectivity index (χ1) is 15.6. The summed E-state index contributed by atoms with van der Waals surface area (Å²) in [6.07, 6.45) is 0.599. The van der Waals surface area contributed by atoms with Crippen LogP contribution in [0.5, 0.6) is 0 Å². The smallest absolute Gasteiger partial charge is 0.249 e. The number of carbonyl (C=O) groups is 2. The lowest BCUT2D eigenvalue weighted by Gasteiger charge is -2.17. The molecular weight excluding hydrogens is 464 g/mol. The minimum atomic E-state index is -0.743. The number of aromatic nitrogens is 2. The van der Waals surface area contributed by atoms with Crippen LogP contribution in [0.15, 0.2) is 72.1 Å². The Hall–Kier alpha value is -3.07. The Labute approximate surface area is 198 Å². The number of anilines is 1. The molecule has 0 bridgehead atoms. The summed E-state index contributed by atoms with van der Waals surface area (Å²) < 4.78 is 0. The van der Waals surface area contributed by atoms with Crippen LogP contribution in [-0.2, 0) is 22.4 Å². The van der Waals surface area contributed by atoms with Crippen LogP contribution in [0, 0.1) is 0 Å². The summed E-state index contributed by atoms with van der Waals surface area (Å²) in [5, 5.41) is 17.5. The van der Waals surface area contributed by atoms with E-state index < -0.39 is 6.04 Å². The Morgan fingerprint density at radius 3 is 2.47 bits per heavy atom. The first-order valence-electron chi connectivity index (χ1n) is 9.83. The Balaban J connectivity index is 1.46. The van der Waals surface area contributed by atoms with Crippen LogP contribution in [0.2, 0.25) is 5.02 Å². The van der Waals surface area contributed by atoms with Gasteiger partial charge < -0.3 is 5.32 Å². The molecule has 9 heteroatoms. The van der Waals surface area contributed by atoms with Crippen molar-refractivity contribution in [3.05, 3.63) is 87.6 Å². The molecule has 4 aromatic rings. The van der Waals surface area contributed by atoms with E-state index in [-0.39, 0.29) is 18.2 Å². The van der Waals surface area contributed by atoms with Gasteiger partial charge in [-0.2, -0.15) is 0 Å². The molecule has 32 heavy (non-hydrogen) atoms. The average Bonchev–Trinajstić information content (AvgIpc) is 3.47. The number of thiophene rings is 1. The van der Waals surface area contributed by atoms with Crippen molar-refractivity contribution in [1.82, 2.24) is 15.5 Å². The predicted molar refractivity (Wildman–Crippen MR) is 129 cm³/mol. The standard InChI is InChI=1S/C23H19ClN4O2S2/c24-17-10-8-16(9-11-17)22-27-28-23(32-22)26-21(30)19(13-15-5-2-1-3-6-15)25-20(29)14-18-7-4-12-31-18/h1-12,19H,13-14H2,(H,25,29)(H,26,28,30)/t19-/m1/s1. The molecule has 0 spiro atoms. The van der Waals surface area contributed by atoms with Gasteiger partial charge in [0.05, 0.1) is 6.42 Å². The second kappa shape index (κ2) is 10.5. The first kappa shape index (κ1) is 22.1. The number of carbonyl (C=O) groups excluding carboxylic acids is 2. The number of halogens is 1. The highest BCUT2D eigenvalue weighted by atomic mass is 35.5. The maximum absolute atomic E-state index is 13.0. The molecular formula is C23H19ClN4O2S2. The lowest BCUT2D eigenvalue weighted by Crippen LogP contribution is -2.45. The largest absolute Gasteiger partial charge is 0.344 e. The van der Waals surface area contributed by atoms with Gasteiger partial charge in [-0.1, -0.05) is 71.5 Å². The molecule has 0 aliphatic heterocycles. The van der Waals surface area contributed by atoms with E-state index in [1.54, 1.807) is 12.1 Å². The van der Waals surface area contributed by atoms with E-state index in [1.165, 1.54) is 22.7 Å². The average molecular weight is 483 g/mol. The lowest BCUT2D eigenvalue weighted by atomic mass is 10.1. The highest BCUT2D eigenvalue weighted by molar-refractivity contribution is 7.18. The summed E-state index contributed by atoms with van der Waals surface area (Å²) in [5.74, 6) is -0.546. The lowest BCUT2D eigenvalue weighted by molar-refractivity contribution is -0.126. The summed E-state index contributed by atoms with van der Waals surface area (Å²) >= 11 is 8.70. The van der Waals surface area contributed by atoms with E-state index >= 15 is 0 Å². The number of nitrogens with zero attached hydrogens (tertiary/aromatic N) is 2. The van der Waals surface area contributed by atoms with Crippen molar-refractivity contribution in [1.29, 1.82) is 0 Å². The van der Waals surface area contributed by atoms with Gasteiger partial charge in [0.2, 0.25) is 16.9 Å². The van der Waals surface area contributed by atoms with Gasteiger partial charge in [0, 0.05) is 21.9 Å². The molecule has 2 heterocycles. The van der Waals surface area contributed by atoms with Gasteiger partial charge in [0.1, 0.15) is 11.0 Å². The number of rotatable bonds is 8. The topological polar surface area (TPSA) is 84.0 Å². The zero-order chi connectivity index (χ0) is 22.3. The molecule has 6 nitrogen and oxygen atoms in total. The Morgan fingerprint density at radius 2 is 1.75 bits per heavy atom. The van der Waals surface area contributed by atoms with Crippen molar-refractivity contribution in [3.63, 3.8) is 0 Å². The van der Waals surface area contributed by atoms with E-state index in [1.807, 2.05) is 60.0 Å². The van der Waals surface area contributed by atoms with Gasteiger partial charge in [-0.3, -0.25) is 14.9 Å². The zero-order valence-corrected chi connectivity index (χ0v) is 19.2. The molecule has 2 aromatic carbocycles. The maximum Gasteiger partial charge on any atom is 0.249 e. The second-order valence-corrected chi connectivity index (χ2v) is 9.42. The molecule has 2 aromatic heterocycles. The van der Waals surface area contributed by atoms with E-state index in [9.17, 15) is 9.59 Å². The quantitative estimate of drug-likeness (QED) is 0.377. The highest BCUT2D eigenvalue weighted by Crippen LogP contribution is 2.27. The second-order valence-electron chi connectivity index (χ2n) is 6.97. The third kappa shape index (κ3) is 6.00. The van der Waals surface area contributed by atoms with Gasteiger partial charge in [-0.05, 0) is 29.1 Å². The minimum Gasteiger partial charge on any atom is -0.344 e. The van der Waals surface area contributed by atoms with Crippen molar-refractivity contribution in [2.45, 2.75) is 18.9 Å². The van der Waals surface area contributed by atoms with Gasteiger partial charge >= 0.3 is 0 Å². The van der Waals surface area contributed by atoms with E-state index in [2.05, 4.69) is 20.8 Å². The van der Waals surface area contributed by atoms with E-state index in [0.717, 1.165) is 16.0 Å². The van der Waals surface area contributed by atoms with Crippen LogP contribution in [-0.4, -0.2) is 28.1 Å². The van der Waals surface area contributed by atoms with Crippen LogP contribution in [0.4, 0.5) is 5.13 Å². The Kier molecular flexibility index (Phi) is 7.26. The zero-order valence-electron chi connectivity index (χ0n) is 16.8. The summed E-state index contributed by atoms with van der Waals surface area (Å²) in [5.41, 5.74) is 1.81. The normalized spacial score (nSPS) is 11.7. The molecule has 0 aliphatic carbocycles. The molecule has 2 amide bonds. The van der Waals surface area contributed by atoms with Crippen LogP contribution in [0.3, 0.4) is 0 Å². The van der Waals surface area contributed by atoms with Gasteiger partial charge in [0.25, 0.3) is 0 Å². The van der Waals surface area contributed by atoms with Crippen LogP contribution < -0.4 is 10.6 Å². The Bertz CT molecular complexity index is 1180. The van der Waals surface area contributed by atoms with Crippen LogP contribution >= 0.6 is 34.3 Å². The highest BCUT2D eigenvalue weighted by Gasteiger charge is 2.23. The summed E-state index contributed by atoms with van der Waals surface area (Å²) in [6, 6.07) is 19.9. The number of hydrogen-bond donors (Lipinski definition) is 2. The first-order valence-corrected chi connectivity index (χ1v) is 11.9. The number of benzene rings is 2. The molecule has 0 aliphatic rings. The predicted octanol–water partition coefficient (Wildman–Crippen LogP) is 4.83. The van der Waals surface area contributed by atoms with Crippen molar-refractivity contribution in [2.24, 2.45) is 0 Å². The summed E-state index contributed by atoms with van der Waals surface area (Å²) in [4.78, 5) is 26.6. The third-order valence-electron chi connectivity index (χ3n) is 4.60. The van der Waals surface area contributed by atoms with Crippen molar-refractivity contribution in [2.75, 3.05) is 5.32 Å². The SMILES string of the molecule is O=C(Cc1cccs1)N[C@H](Cc1ccccc1)C(=O)Nc1nnc(-c2ccc(Cl)cc2)s1. The molecule has 0 radical (unpaired) electrons. The summed E-state index contributed by atoms with van der Waals surface area (Å²) in [7, 11) is 0. The molecule has 0 saturated carbocycles. The number of hydrogen-bond acceptors (Lipinski definition) is 6. The van der Waals surface area contributed by atoms with Crippen molar-refractivity contribution >= 4 is 51.2 Å². The van der Waals surface area contributed by atoms with E-state index in [0.29, 0.717) is 21.6 Å². The molecule has 162 valence electrons. The number of amides is 2. The molecule has 2 N–H and O–H groups in total. The van der Waals surface area contributed by atoms with Crippen LogP contribution in [0.25, 0.3) is 10.6 Å². The molecule has 1 atom stereocenters. The minimum absolute atomic E-state index is 0.206. The van der Waals surface area contributed by atoms with Gasteiger partial charge in [0.15, 0.2) is 0 Å². The molecule has 0 unspecified atom stereocenters. The molecule has 0 fully saturated rings. The fourth-order valence-electron chi connectivity index (χ4n) is 3.05.